The van der Waals surface area contributed by atoms with Gasteiger partial charge in [-0.1, -0.05) is 5.16 Å². The van der Waals surface area contributed by atoms with E-state index < -0.39 is 0 Å². The van der Waals surface area contributed by atoms with E-state index in [2.05, 4.69) is 15.5 Å². The van der Waals surface area contributed by atoms with E-state index in [9.17, 15) is 0 Å². The number of halogens is 1. The summed E-state index contributed by atoms with van der Waals surface area (Å²) in [7, 11) is 0. The zero-order valence-corrected chi connectivity index (χ0v) is 9.37. The van der Waals surface area contributed by atoms with Gasteiger partial charge in [-0.2, -0.15) is 4.98 Å². The Balaban J connectivity index is 0.000000963. The van der Waals surface area contributed by atoms with Crippen LogP contribution in [0.2, 0.25) is 0 Å². The zero-order chi connectivity index (χ0) is 10.1. The van der Waals surface area contributed by atoms with Crippen LogP contribution < -0.4 is 5.32 Å². The molecule has 1 unspecified atom stereocenters. The molecule has 1 atom stereocenters. The lowest BCUT2D eigenvalue weighted by atomic mass is 10.2. The molecule has 0 bridgehead atoms. The van der Waals surface area contributed by atoms with Crippen molar-refractivity contribution in [1.29, 1.82) is 0 Å². The van der Waals surface area contributed by atoms with Crippen LogP contribution in [0.15, 0.2) is 27.3 Å². The molecule has 0 saturated carbocycles. The molecule has 0 amide bonds. The van der Waals surface area contributed by atoms with Gasteiger partial charge in [0, 0.05) is 0 Å². The van der Waals surface area contributed by atoms with Crippen molar-refractivity contribution in [3.63, 3.8) is 0 Å². The monoisotopic (exact) mass is 241 g/mol. The third-order valence-electron chi connectivity index (χ3n) is 2.54. The van der Waals surface area contributed by atoms with Gasteiger partial charge < -0.3 is 14.3 Å². The van der Waals surface area contributed by atoms with Gasteiger partial charge in [0.2, 0.25) is 11.7 Å². The first kappa shape index (κ1) is 11.2. The molecular weight excluding hydrogens is 230 g/mol. The molecule has 16 heavy (non-hydrogen) atoms. The highest BCUT2D eigenvalue weighted by molar-refractivity contribution is 5.85. The van der Waals surface area contributed by atoms with Crippen LogP contribution in [0, 0.1) is 0 Å². The van der Waals surface area contributed by atoms with Gasteiger partial charge in [0.15, 0.2) is 5.76 Å². The largest absolute Gasteiger partial charge is 0.461 e. The highest BCUT2D eigenvalue weighted by Crippen LogP contribution is 2.24. The van der Waals surface area contributed by atoms with Gasteiger partial charge in [-0.3, -0.25) is 0 Å². The fourth-order valence-electron chi connectivity index (χ4n) is 1.78. The number of hydrogen-bond acceptors (Lipinski definition) is 5. The van der Waals surface area contributed by atoms with Crippen LogP contribution >= 0.6 is 12.4 Å². The summed E-state index contributed by atoms with van der Waals surface area (Å²) in [6.07, 6.45) is 3.81. The van der Waals surface area contributed by atoms with Crippen LogP contribution in [-0.2, 0) is 0 Å². The third-order valence-corrected chi connectivity index (χ3v) is 2.54. The van der Waals surface area contributed by atoms with E-state index in [1.165, 1.54) is 0 Å². The lowest BCUT2D eigenvalue weighted by Crippen LogP contribution is -2.12. The standard InChI is InChI=1S/C10H11N3O2.ClH/c1-3-7(11-5-1)10-12-9(13-15-10)8-4-2-6-14-8;/h2,4,6-7,11H,1,3,5H2;1H. The van der Waals surface area contributed by atoms with Crippen molar-refractivity contribution >= 4 is 12.4 Å². The van der Waals surface area contributed by atoms with Gasteiger partial charge in [0.25, 0.3) is 0 Å². The summed E-state index contributed by atoms with van der Waals surface area (Å²) in [6.45, 7) is 1.02. The van der Waals surface area contributed by atoms with Gasteiger partial charge in [-0.25, -0.2) is 0 Å². The predicted molar refractivity (Wildman–Crippen MR) is 59.2 cm³/mol. The van der Waals surface area contributed by atoms with Crippen LogP contribution in [0.3, 0.4) is 0 Å². The molecule has 0 spiro atoms. The molecule has 1 saturated heterocycles. The lowest BCUT2D eigenvalue weighted by Gasteiger charge is -2.00. The Morgan fingerprint density at radius 2 is 2.38 bits per heavy atom. The Morgan fingerprint density at radius 1 is 1.44 bits per heavy atom. The topological polar surface area (TPSA) is 64.1 Å². The maximum atomic E-state index is 5.19. The van der Waals surface area contributed by atoms with E-state index in [0.717, 1.165) is 19.4 Å². The van der Waals surface area contributed by atoms with Crippen LogP contribution in [-0.4, -0.2) is 16.7 Å². The summed E-state index contributed by atoms with van der Waals surface area (Å²) in [4.78, 5) is 4.30. The van der Waals surface area contributed by atoms with Gasteiger partial charge in [0.1, 0.15) is 0 Å². The lowest BCUT2D eigenvalue weighted by molar-refractivity contribution is 0.344. The summed E-state index contributed by atoms with van der Waals surface area (Å²) in [6, 6.07) is 3.83. The SMILES string of the molecule is Cl.c1coc(-c2noc(C3CCCN3)n2)c1. The zero-order valence-electron chi connectivity index (χ0n) is 8.55. The molecule has 3 heterocycles. The smallest absolute Gasteiger partial charge is 0.244 e. The van der Waals surface area contributed by atoms with Crippen LogP contribution in [0.4, 0.5) is 0 Å². The first-order chi connectivity index (χ1) is 7.43. The molecule has 1 N–H and O–H groups in total. The first-order valence-corrected chi connectivity index (χ1v) is 5.04. The van der Waals surface area contributed by atoms with Crippen LogP contribution in [0.5, 0.6) is 0 Å². The number of furan rings is 1. The van der Waals surface area contributed by atoms with Gasteiger partial charge in [-0.05, 0) is 31.5 Å². The van der Waals surface area contributed by atoms with Crippen LogP contribution in [0.25, 0.3) is 11.6 Å². The molecule has 1 fully saturated rings. The molecule has 6 heteroatoms. The first-order valence-electron chi connectivity index (χ1n) is 5.04. The fourth-order valence-corrected chi connectivity index (χ4v) is 1.78. The van der Waals surface area contributed by atoms with Crippen molar-refractivity contribution < 1.29 is 8.94 Å². The molecule has 2 aromatic rings. The highest BCUT2D eigenvalue weighted by atomic mass is 35.5. The Morgan fingerprint density at radius 3 is 3.06 bits per heavy atom. The summed E-state index contributed by atoms with van der Waals surface area (Å²) >= 11 is 0. The second-order valence-electron chi connectivity index (χ2n) is 3.58. The summed E-state index contributed by atoms with van der Waals surface area (Å²) in [5.41, 5.74) is 0. The molecule has 3 rings (SSSR count). The van der Waals surface area contributed by atoms with Crippen molar-refractivity contribution in [2.45, 2.75) is 18.9 Å². The third kappa shape index (κ3) is 1.96. The number of nitrogens with one attached hydrogen (secondary N) is 1. The van der Waals surface area contributed by atoms with Crippen molar-refractivity contribution in [1.82, 2.24) is 15.5 Å². The quantitative estimate of drug-likeness (QED) is 0.873. The van der Waals surface area contributed by atoms with Crippen molar-refractivity contribution in [3.05, 3.63) is 24.3 Å². The minimum absolute atomic E-state index is 0. The van der Waals surface area contributed by atoms with Crippen LogP contribution in [0.1, 0.15) is 24.8 Å². The maximum absolute atomic E-state index is 5.19. The Labute approximate surface area is 98.6 Å². The average Bonchev–Trinajstić information content (AvgIpc) is 3.02. The predicted octanol–water partition coefficient (Wildman–Crippen LogP) is 2.18. The summed E-state index contributed by atoms with van der Waals surface area (Å²) in [5.74, 6) is 1.81. The van der Waals surface area contributed by atoms with Gasteiger partial charge in [0.05, 0.1) is 12.3 Å². The molecule has 0 aromatic carbocycles. The molecule has 1 aliphatic rings. The van der Waals surface area contributed by atoms with E-state index in [4.69, 9.17) is 8.94 Å². The maximum Gasteiger partial charge on any atom is 0.244 e. The fraction of sp³-hybridized carbons (Fsp3) is 0.400. The minimum atomic E-state index is 0. The highest BCUT2D eigenvalue weighted by Gasteiger charge is 2.23. The minimum Gasteiger partial charge on any atom is -0.461 e. The van der Waals surface area contributed by atoms with Gasteiger partial charge in [-0.15, -0.1) is 12.4 Å². The summed E-state index contributed by atoms with van der Waals surface area (Å²) in [5, 5.41) is 7.19. The van der Waals surface area contributed by atoms with Crippen molar-refractivity contribution in [2.75, 3.05) is 6.54 Å². The molecule has 86 valence electrons. The van der Waals surface area contributed by atoms with E-state index in [0.29, 0.717) is 17.5 Å². The second kappa shape index (κ2) is 4.67. The average molecular weight is 242 g/mol. The number of hydrogen-bond donors (Lipinski definition) is 1. The Kier molecular flexibility index (Phi) is 3.26. The van der Waals surface area contributed by atoms with E-state index in [1.807, 2.05) is 6.07 Å². The summed E-state index contributed by atoms with van der Waals surface area (Å²) < 4.78 is 10.4. The molecular formula is C10H12ClN3O2. The number of rotatable bonds is 2. The van der Waals surface area contributed by atoms with Crippen molar-refractivity contribution in [3.8, 4) is 11.6 Å². The second-order valence-corrected chi connectivity index (χ2v) is 3.58. The van der Waals surface area contributed by atoms with E-state index >= 15 is 0 Å². The number of aromatic nitrogens is 2. The molecule has 0 radical (unpaired) electrons. The normalized spacial score (nSPS) is 19.6. The Bertz CT molecular complexity index is 435. The van der Waals surface area contributed by atoms with E-state index in [1.54, 1.807) is 12.3 Å². The number of nitrogens with zero attached hydrogens (tertiary/aromatic N) is 2. The van der Waals surface area contributed by atoms with Crippen molar-refractivity contribution in [2.24, 2.45) is 0 Å². The Hall–Kier alpha value is -1.33. The molecule has 5 nitrogen and oxygen atoms in total. The molecule has 1 aliphatic heterocycles. The molecule has 0 aliphatic carbocycles. The van der Waals surface area contributed by atoms with E-state index in [-0.39, 0.29) is 18.4 Å². The van der Waals surface area contributed by atoms with Gasteiger partial charge >= 0.3 is 0 Å². The molecule has 2 aromatic heterocycles.